The van der Waals surface area contributed by atoms with Crippen LogP contribution in [0, 0.1) is 0 Å². The van der Waals surface area contributed by atoms with E-state index < -0.39 is 23.7 Å². The van der Waals surface area contributed by atoms with Gasteiger partial charge in [-0.25, -0.2) is 9.59 Å². The van der Waals surface area contributed by atoms with Gasteiger partial charge in [0, 0.05) is 12.6 Å². The number of rotatable bonds is 6. The van der Waals surface area contributed by atoms with Gasteiger partial charge in [0.1, 0.15) is 11.6 Å². The molecule has 0 saturated heterocycles. The molecular weight excluding hydrogens is 334 g/mol. The molecule has 7 nitrogen and oxygen atoms in total. The number of ether oxygens (including phenoxy) is 2. The molecule has 1 heterocycles. The van der Waals surface area contributed by atoms with Crippen LogP contribution in [0.4, 0.5) is 4.79 Å². The number of nitrogens with zero attached hydrogens (tertiary/aromatic N) is 2. The van der Waals surface area contributed by atoms with Crippen LogP contribution in [0.3, 0.4) is 0 Å². The molecule has 1 amide bonds. The molecule has 2 aromatic rings. The predicted molar refractivity (Wildman–Crippen MR) is 96.6 cm³/mol. The van der Waals surface area contributed by atoms with E-state index in [1.54, 1.807) is 31.6 Å². The third-order valence-electron chi connectivity index (χ3n) is 3.49. The average molecular weight is 359 g/mol. The number of methoxy groups -OCH3 is 1. The SMILES string of the molecule is COC(=O)[C@H](Cc1cnn(Cc2ccccc2)c1)NC(=O)OC(C)(C)C. The molecule has 140 valence electrons. The Hall–Kier alpha value is -2.83. The third kappa shape index (κ3) is 6.23. The van der Waals surface area contributed by atoms with E-state index in [-0.39, 0.29) is 6.42 Å². The Bertz CT molecular complexity index is 735. The molecule has 7 heteroatoms. The van der Waals surface area contributed by atoms with Gasteiger partial charge < -0.3 is 14.8 Å². The maximum absolute atomic E-state index is 12.0. The highest BCUT2D eigenvalue weighted by Gasteiger charge is 2.25. The largest absolute Gasteiger partial charge is 0.467 e. The van der Waals surface area contributed by atoms with E-state index in [0.717, 1.165) is 11.1 Å². The van der Waals surface area contributed by atoms with Gasteiger partial charge in [0.2, 0.25) is 0 Å². The molecule has 0 aliphatic rings. The first-order valence-corrected chi connectivity index (χ1v) is 8.39. The van der Waals surface area contributed by atoms with Crippen LogP contribution in [0.15, 0.2) is 42.7 Å². The molecule has 1 aromatic heterocycles. The van der Waals surface area contributed by atoms with Gasteiger partial charge in [-0.15, -0.1) is 0 Å². The summed E-state index contributed by atoms with van der Waals surface area (Å²) in [6, 6.07) is 9.09. The van der Waals surface area contributed by atoms with Crippen molar-refractivity contribution in [3.05, 3.63) is 53.9 Å². The maximum atomic E-state index is 12.0. The average Bonchev–Trinajstić information content (AvgIpc) is 2.99. The molecule has 0 bridgehead atoms. The molecule has 1 N–H and O–H groups in total. The number of hydrogen-bond acceptors (Lipinski definition) is 5. The summed E-state index contributed by atoms with van der Waals surface area (Å²) in [6.45, 7) is 5.90. The van der Waals surface area contributed by atoms with Crippen molar-refractivity contribution < 1.29 is 19.1 Å². The highest BCUT2D eigenvalue weighted by molar-refractivity contribution is 5.81. The number of aromatic nitrogens is 2. The fourth-order valence-corrected chi connectivity index (χ4v) is 2.39. The van der Waals surface area contributed by atoms with Crippen molar-refractivity contribution in [2.45, 2.75) is 45.4 Å². The Morgan fingerprint density at radius 3 is 2.50 bits per heavy atom. The molecule has 2 rings (SSSR count). The van der Waals surface area contributed by atoms with E-state index >= 15 is 0 Å². The zero-order chi connectivity index (χ0) is 19.2. The fraction of sp³-hybridized carbons (Fsp3) is 0.421. The topological polar surface area (TPSA) is 82.5 Å². The molecule has 0 spiro atoms. The molecule has 0 aliphatic carbocycles. The van der Waals surface area contributed by atoms with E-state index in [2.05, 4.69) is 10.4 Å². The standard InChI is InChI=1S/C19H25N3O4/c1-19(2,3)26-18(24)21-16(17(23)25-4)10-15-11-20-22(13-15)12-14-8-6-5-7-9-14/h5-9,11,13,16H,10,12H2,1-4H3,(H,21,24)/t16-/m0/s1. The number of nitrogens with one attached hydrogen (secondary N) is 1. The lowest BCUT2D eigenvalue weighted by Gasteiger charge is -2.22. The van der Waals surface area contributed by atoms with Gasteiger partial charge in [0.05, 0.1) is 19.9 Å². The molecule has 0 aliphatic heterocycles. The van der Waals surface area contributed by atoms with Gasteiger partial charge in [-0.2, -0.15) is 5.10 Å². The predicted octanol–water partition coefficient (Wildman–Crippen LogP) is 2.54. The number of benzene rings is 1. The summed E-state index contributed by atoms with van der Waals surface area (Å²) in [6.07, 6.45) is 3.13. The molecule has 1 atom stereocenters. The minimum absolute atomic E-state index is 0.265. The third-order valence-corrected chi connectivity index (χ3v) is 3.49. The van der Waals surface area contributed by atoms with E-state index in [1.165, 1.54) is 7.11 Å². The zero-order valence-corrected chi connectivity index (χ0v) is 15.6. The molecule has 0 fully saturated rings. The number of carbonyl (C=O) groups excluding carboxylic acids is 2. The van der Waals surface area contributed by atoms with Crippen LogP contribution in [0.5, 0.6) is 0 Å². The van der Waals surface area contributed by atoms with Crippen molar-refractivity contribution in [3.8, 4) is 0 Å². The van der Waals surface area contributed by atoms with Gasteiger partial charge in [0.15, 0.2) is 0 Å². The quantitative estimate of drug-likeness (QED) is 0.802. The monoisotopic (exact) mass is 359 g/mol. The van der Waals surface area contributed by atoms with Gasteiger partial charge >= 0.3 is 12.1 Å². The summed E-state index contributed by atoms with van der Waals surface area (Å²) < 4.78 is 11.8. The second-order valence-corrected chi connectivity index (χ2v) is 6.96. The summed E-state index contributed by atoms with van der Waals surface area (Å²) in [5.74, 6) is -0.535. The van der Waals surface area contributed by atoms with Crippen molar-refractivity contribution in [2.75, 3.05) is 7.11 Å². The molecule has 0 saturated carbocycles. The minimum Gasteiger partial charge on any atom is -0.467 e. The van der Waals surface area contributed by atoms with Crippen LogP contribution in [-0.2, 0) is 27.2 Å². The molecule has 0 radical (unpaired) electrons. The van der Waals surface area contributed by atoms with Crippen LogP contribution in [0.1, 0.15) is 31.9 Å². The molecular formula is C19H25N3O4. The van der Waals surface area contributed by atoms with Crippen molar-refractivity contribution in [1.29, 1.82) is 0 Å². The number of alkyl carbamates (subject to hydrolysis) is 1. The van der Waals surface area contributed by atoms with Crippen LogP contribution in [0.25, 0.3) is 0 Å². The summed E-state index contributed by atoms with van der Waals surface area (Å²) in [5, 5.41) is 6.87. The minimum atomic E-state index is -0.843. The van der Waals surface area contributed by atoms with Crippen molar-refractivity contribution in [3.63, 3.8) is 0 Å². The highest BCUT2D eigenvalue weighted by Crippen LogP contribution is 2.10. The van der Waals surface area contributed by atoms with Gasteiger partial charge in [-0.1, -0.05) is 30.3 Å². The maximum Gasteiger partial charge on any atom is 0.408 e. The van der Waals surface area contributed by atoms with Crippen molar-refractivity contribution in [1.82, 2.24) is 15.1 Å². The molecule has 26 heavy (non-hydrogen) atoms. The van der Waals surface area contributed by atoms with Crippen molar-refractivity contribution >= 4 is 12.1 Å². The first-order valence-electron chi connectivity index (χ1n) is 8.39. The van der Waals surface area contributed by atoms with E-state index in [4.69, 9.17) is 9.47 Å². The molecule has 1 aromatic carbocycles. The van der Waals surface area contributed by atoms with E-state index in [9.17, 15) is 9.59 Å². The van der Waals surface area contributed by atoms with Crippen molar-refractivity contribution in [2.24, 2.45) is 0 Å². The lowest BCUT2D eigenvalue weighted by Crippen LogP contribution is -2.45. The lowest BCUT2D eigenvalue weighted by molar-refractivity contribution is -0.143. The van der Waals surface area contributed by atoms with Gasteiger partial charge in [-0.05, 0) is 31.9 Å². The Morgan fingerprint density at radius 1 is 1.19 bits per heavy atom. The van der Waals surface area contributed by atoms with E-state index in [0.29, 0.717) is 6.54 Å². The normalized spacial score (nSPS) is 12.3. The Kier molecular flexibility index (Phi) is 6.38. The summed E-state index contributed by atoms with van der Waals surface area (Å²) in [4.78, 5) is 24.0. The van der Waals surface area contributed by atoms with Crippen LogP contribution < -0.4 is 5.32 Å². The van der Waals surface area contributed by atoms with Gasteiger partial charge in [0.25, 0.3) is 0 Å². The van der Waals surface area contributed by atoms with Crippen LogP contribution in [0.2, 0.25) is 0 Å². The van der Waals surface area contributed by atoms with Crippen LogP contribution in [-0.4, -0.2) is 40.6 Å². The Morgan fingerprint density at radius 2 is 1.88 bits per heavy atom. The fourth-order valence-electron chi connectivity index (χ4n) is 2.39. The number of carbonyl (C=O) groups is 2. The lowest BCUT2D eigenvalue weighted by atomic mass is 10.1. The Balaban J connectivity index is 2.02. The highest BCUT2D eigenvalue weighted by atomic mass is 16.6. The van der Waals surface area contributed by atoms with Gasteiger partial charge in [-0.3, -0.25) is 4.68 Å². The number of esters is 1. The number of hydrogen-bond donors (Lipinski definition) is 1. The van der Waals surface area contributed by atoms with Crippen LogP contribution >= 0.6 is 0 Å². The first kappa shape index (κ1) is 19.5. The summed E-state index contributed by atoms with van der Waals surface area (Å²) in [5.41, 5.74) is 1.29. The first-order chi connectivity index (χ1) is 12.3. The zero-order valence-electron chi connectivity index (χ0n) is 15.6. The smallest absolute Gasteiger partial charge is 0.408 e. The summed E-state index contributed by atoms with van der Waals surface area (Å²) in [7, 11) is 1.28. The van der Waals surface area contributed by atoms with E-state index in [1.807, 2.05) is 36.5 Å². The second-order valence-electron chi connectivity index (χ2n) is 6.96. The Labute approximate surface area is 153 Å². The number of amides is 1. The second kappa shape index (κ2) is 8.51. The molecule has 0 unspecified atom stereocenters. The summed E-state index contributed by atoms with van der Waals surface area (Å²) >= 11 is 0.